The molecule has 4 nitrogen and oxygen atoms in total. The molecule has 0 N–H and O–H groups in total. The number of halogens is 2. The van der Waals surface area contributed by atoms with E-state index in [1.54, 1.807) is 24.5 Å². The second kappa shape index (κ2) is 6.18. The largest absolute Gasteiger partial charge is 0.328 e. The predicted molar refractivity (Wildman–Crippen MR) is 105 cm³/mol. The van der Waals surface area contributed by atoms with Crippen LogP contribution < -0.4 is 0 Å². The summed E-state index contributed by atoms with van der Waals surface area (Å²) in [5.41, 5.74) is 5.78. The summed E-state index contributed by atoms with van der Waals surface area (Å²) in [5, 5.41) is 1.01. The minimum absolute atomic E-state index is 0.251. The van der Waals surface area contributed by atoms with E-state index in [1.807, 2.05) is 26.1 Å². The van der Waals surface area contributed by atoms with Gasteiger partial charge in [-0.1, -0.05) is 0 Å². The maximum Gasteiger partial charge on any atom is 0.192 e. The average Bonchev–Trinajstić information content (AvgIpc) is 2.90. The lowest BCUT2D eigenvalue weighted by atomic mass is 9.99. The normalized spacial score (nSPS) is 11.2. The van der Waals surface area contributed by atoms with Crippen molar-refractivity contribution in [2.24, 2.45) is 7.05 Å². The van der Waals surface area contributed by atoms with Gasteiger partial charge in [-0.3, -0.25) is 4.98 Å². The molecule has 0 amide bonds. The van der Waals surface area contributed by atoms with Gasteiger partial charge in [0, 0.05) is 53.0 Å². The smallest absolute Gasteiger partial charge is 0.192 e. The Bertz CT molecular complexity index is 1070. The number of nitrogens with zero attached hydrogens (tertiary/aromatic N) is 4. The lowest BCUT2D eigenvalue weighted by Crippen LogP contribution is -1.97. The molecule has 0 saturated carbocycles. The number of rotatable bonds is 2. The van der Waals surface area contributed by atoms with Crippen LogP contribution >= 0.6 is 22.6 Å². The lowest BCUT2D eigenvalue weighted by Gasteiger charge is -2.08. The highest BCUT2D eigenvalue weighted by Crippen LogP contribution is 2.40. The van der Waals surface area contributed by atoms with E-state index in [9.17, 15) is 4.39 Å². The lowest BCUT2D eigenvalue weighted by molar-refractivity contribution is 0.628. The van der Waals surface area contributed by atoms with Crippen molar-refractivity contribution in [1.82, 2.24) is 19.5 Å². The number of aromatic nitrogens is 4. The Kier molecular flexibility index (Phi) is 3.99. The third-order valence-corrected chi connectivity index (χ3v) is 4.75. The summed E-state index contributed by atoms with van der Waals surface area (Å²) in [6.45, 7) is 1.99. The molecule has 0 fully saturated rings. The molecule has 4 rings (SSSR count). The Labute approximate surface area is 157 Å². The van der Waals surface area contributed by atoms with Gasteiger partial charge in [0.25, 0.3) is 0 Å². The Morgan fingerprint density at radius 2 is 1.64 bits per heavy atom. The number of benzene rings is 1. The zero-order valence-electron chi connectivity index (χ0n) is 13.7. The highest BCUT2D eigenvalue weighted by atomic mass is 127. The molecule has 0 atom stereocenters. The molecule has 0 unspecified atom stereocenters. The van der Waals surface area contributed by atoms with E-state index in [0.717, 1.165) is 39.1 Å². The highest BCUT2D eigenvalue weighted by molar-refractivity contribution is 14.1. The van der Waals surface area contributed by atoms with Crippen LogP contribution in [0.5, 0.6) is 0 Å². The zero-order valence-corrected chi connectivity index (χ0v) is 15.8. The van der Waals surface area contributed by atoms with Crippen molar-refractivity contribution in [3.63, 3.8) is 0 Å². The van der Waals surface area contributed by atoms with Crippen LogP contribution in [0.4, 0.5) is 4.39 Å². The molecule has 0 spiro atoms. The van der Waals surface area contributed by atoms with Crippen molar-refractivity contribution in [3.8, 4) is 22.4 Å². The summed E-state index contributed by atoms with van der Waals surface area (Å²) in [4.78, 5) is 13.3. The van der Waals surface area contributed by atoms with Gasteiger partial charge in [-0.15, -0.1) is 0 Å². The molecule has 25 heavy (non-hydrogen) atoms. The zero-order chi connectivity index (χ0) is 17.6. The van der Waals surface area contributed by atoms with Gasteiger partial charge in [-0.05, 0) is 54.4 Å². The fourth-order valence-electron chi connectivity index (χ4n) is 3.20. The Hall–Kier alpha value is -2.35. The second-order valence-corrected chi connectivity index (χ2v) is 6.77. The van der Waals surface area contributed by atoms with Gasteiger partial charge in [-0.2, -0.15) is 0 Å². The van der Waals surface area contributed by atoms with Crippen molar-refractivity contribution in [3.05, 3.63) is 64.1 Å². The maximum absolute atomic E-state index is 13.4. The topological polar surface area (TPSA) is 43.6 Å². The molecule has 0 aliphatic rings. The van der Waals surface area contributed by atoms with Gasteiger partial charge in [-0.25, -0.2) is 14.4 Å². The monoisotopic (exact) mass is 444 g/mol. The van der Waals surface area contributed by atoms with E-state index in [4.69, 9.17) is 0 Å². The first kappa shape index (κ1) is 16.1. The minimum atomic E-state index is -0.251. The van der Waals surface area contributed by atoms with E-state index in [0.29, 0.717) is 3.83 Å². The van der Waals surface area contributed by atoms with Crippen LogP contribution in [0, 0.1) is 16.6 Å². The van der Waals surface area contributed by atoms with E-state index >= 15 is 0 Å². The number of aryl methyl sites for hydroxylation is 2. The van der Waals surface area contributed by atoms with Crippen molar-refractivity contribution >= 4 is 33.6 Å². The molecule has 0 radical (unpaired) electrons. The van der Waals surface area contributed by atoms with Crippen LogP contribution in [0.15, 0.2) is 48.8 Å². The third-order valence-electron chi connectivity index (χ3n) is 4.27. The molecular formula is C19H14FIN4. The predicted octanol–water partition coefficient (Wildman–Crippen LogP) is 4.75. The third kappa shape index (κ3) is 2.70. The van der Waals surface area contributed by atoms with Gasteiger partial charge in [0.15, 0.2) is 3.83 Å². The molecular weight excluding hydrogens is 430 g/mol. The summed E-state index contributed by atoms with van der Waals surface area (Å²) in [5.74, 6) is -0.251. The van der Waals surface area contributed by atoms with Gasteiger partial charge in [0.2, 0.25) is 0 Å². The maximum atomic E-state index is 13.4. The van der Waals surface area contributed by atoms with Gasteiger partial charge in [0.05, 0.1) is 11.4 Å². The standard InChI is InChI=1S/C19H14FIN4/c1-11-15-16(12-7-9-22-10-8-12)17(13-3-5-14(20)6-4-13)25(2)18(15)24-19(21)23-11/h3-10H,1-2H3. The number of hydrogen-bond donors (Lipinski definition) is 0. The summed E-state index contributed by atoms with van der Waals surface area (Å²) in [6.07, 6.45) is 3.54. The first-order valence-electron chi connectivity index (χ1n) is 7.75. The van der Waals surface area contributed by atoms with Crippen molar-refractivity contribution < 1.29 is 4.39 Å². The molecule has 4 aromatic rings. The van der Waals surface area contributed by atoms with E-state index in [1.165, 1.54) is 12.1 Å². The molecule has 6 heteroatoms. The van der Waals surface area contributed by atoms with Gasteiger partial charge in [0.1, 0.15) is 11.5 Å². The van der Waals surface area contributed by atoms with Gasteiger partial charge >= 0.3 is 0 Å². The summed E-state index contributed by atoms with van der Waals surface area (Å²) in [7, 11) is 1.98. The average molecular weight is 444 g/mol. The van der Waals surface area contributed by atoms with E-state index < -0.39 is 0 Å². The van der Waals surface area contributed by atoms with Crippen LogP contribution in [-0.4, -0.2) is 19.5 Å². The summed E-state index contributed by atoms with van der Waals surface area (Å²) < 4.78 is 16.2. The van der Waals surface area contributed by atoms with Crippen molar-refractivity contribution in [2.75, 3.05) is 0 Å². The molecule has 3 heterocycles. The van der Waals surface area contributed by atoms with Crippen molar-refractivity contribution in [1.29, 1.82) is 0 Å². The molecule has 124 valence electrons. The Balaban J connectivity index is 2.16. The van der Waals surface area contributed by atoms with Crippen LogP contribution in [0.1, 0.15) is 5.69 Å². The number of hydrogen-bond acceptors (Lipinski definition) is 3. The first-order chi connectivity index (χ1) is 12.1. The van der Waals surface area contributed by atoms with Crippen molar-refractivity contribution in [2.45, 2.75) is 6.92 Å². The quantitative estimate of drug-likeness (QED) is 0.331. The molecule has 0 aliphatic carbocycles. The van der Waals surface area contributed by atoms with Gasteiger partial charge < -0.3 is 4.57 Å². The number of pyridine rings is 1. The summed E-state index contributed by atoms with van der Waals surface area (Å²) in [6, 6.07) is 10.5. The summed E-state index contributed by atoms with van der Waals surface area (Å²) >= 11 is 2.13. The highest BCUT2D eigenvalue weighted by Gasteiger charge is 2.21. The fraction of sp³-hybridized carbons (Fsp3) is 0.105. The molecule has 0 saturated heterocycles. The van der Waals surface area contributed by atoms with E-state index in [-0.39, 0.29) is 5.82 Å². The fourth-order valence-corrected chi connectivity index (χ4v) is 3.79. The first-order valence-corrected chi connectivity index (χ1v) is 8.83. The minimum Gasteiger partial charge on any atom is -0.328 e. The van der Waals surface area contributed by atoms with Crippen LogP contribution in [0.25, 0.3) is 33.4 Å². The molecule has 0 bridgehead atoms. The van der Waals surface area contributed by atoms with E-state index in [2.05, 4.69) is 42.1 Å². The number of fused-ring (bicyclic) bond motifs is 1. The molecule has 1 aromatic carbocycles. The van der Waals surface area contributed by atoms with Crippen LogP contribution in [-0.2, 0) is 7.05 Å². The Morgan fingerprint density at radius 3 is 2.32 bits per heavy atom. The van der Waals surface area contributed by atoms with Crippen LogP contribution in [0.2, 0.25) is 0 Å². The second-order valence-electron chi connectivity index (χ2n) is 5.80. The Morgan fingerprint density at radius 1 is 0.960 bits per heavy atom. The SMILES string of the molecule is Cc1nc(I)nc2c1c(-c1ccncc1)c(-c1ccc(F)cc1)n2C. The molecule has 0 aliphatic heterocycles. The molecule has 3 aromatic heterocycles. The van der Waals surface area contributed by atoms with Crippen LogP contribution in [0.3, 0.4) is 0 Å².